The highest BCUT2D eigenvalue weighted by atomic mass is 16.5. The summed E-state index contributed by atoms with van der Waals surface area (Å²) in [6, 6.07) is 1.75. The number of carbonyl (C=O) groups excluding carboxylic acids is 1. The summed E-state index contributed by atoms with van der Waals surface area (Å²) in [5, 5.41) is 10.2. The van der Waals surface area contributed by atoms with Gasteiger partial charge in [-0.1, -0.05) is 0 Å². The molecule has 0 atom stereocenters. The fourth-order valence-corrected chi connectivity index (χ4v) is 2.50. The van der Waals surface area contributed by atoms with Crippen LogP contribution in [0.1, 0.15) is 46.8 Å². The van der Waals surface area contributed by atoms with E-state index in [2.05, 4.69) is 0 Å². The minimum atomic E-state index is -0.429. The van der Waals surface area contributed by atoms with Crippen LogP contribution in [0.4, 0.5) is 0 Å². The van der Waals surface area contributed by atoms with Gasteiger partial charge >= 0.3 is 5.97 Å². The van der Waals surface area contributed by atoms with Crippen molar-refractivity contribution in [3.8, 4) is 5.75 Å². The van der Waals surface area contributed by atoms with Gasteiger partial charge in [0.15, 0.2) is 0 Å². The van der Waals surface area contributed by atoms with Crippen molar-refractivity contribution in [1.29, 1.82) is 0 Å². The van der Waals surface area contributed by atoms with E-state index >= 15 is 0 Å². The van der Waals surface area contributed by atoms with Gasteiger partial charge in [-0.2, -0.15) is 0 Å². The lowest BCUT2D eigenvalue weighted by Crippen LogP contribution is -2.11. The lowest BCUT2D eigenvalue weighted by molar-refractivity contribution is 0.0522. The van der Waals surface area contributed by atoms with E-state index in [9.17, 15) is 9.90 Å². The van der Waals surface area contributed by atoms with E-state index in [1.807, 2.05) is 6.92 Å². The average Bonchev–Trinajstić information content (AvgIpc) is 2.34. The number of ether oxygens (including phenoxy) is 1. The number of benzene rings is 1. The number of hydrogen-bond acceptors (Lipinski definition) is 3. The highest BCUT2D eigenvalue weighted by Gasteiger charge is 2.22. The van der Waals surface area contributed by atoms with Crippen LogP contribution in [0.3, 0.4) is 0 Å². The Balaban J connectivity index is 2.48. The average molecular weight is 234 g/mol. The van der Waals surface area contributed by atoms with Crippen LogP contribution >= 0.6 is 0 Å². The van der Waals surface area contributed by atoms with Crippen LogP contribution in [0, 0.1) is 6.92 Å². The Hall–Kier alpha value is -1.51. The van der Waals surface area contributed by atoms with Crippen LogP contribution in [0.2, 0.25) is 0 Å². The smallest absolute Gasteiger partial charge is 0.341 e. The molecule has 0 aromatic heterocycles. The van der Waals surface area contributed by atoms with Crippen LogP contribution in [-0.2, 0) is 17.6 Å². The van der Waals surface area contributed by atoms with E-state index in [4.69, 9.17) is 4.74 Å². The number of phenols is 1. The second kappa shape index (κ2) is 4.78. The van der Waals surface area contributed by atoms with Gasteiger partial charge in [0.2, 0.25) is 0 Å². The lowest BCUT2D eigenvalue weighted by atomic mass is 9.86. The quantitative estimate of drug-likeness (QED) is 0.800. The zero-order chi connectivity index (χ0) is 12.4. The van der Waals surface area contributed by atoms with E-state index in [0.29, 0.717) is 12.2 Å². The Morgan fingerprint density at radius 3 is 2.65 bits per heavy atom. The standard InChI is InChI=1S/C14H18O3/c1-3-17-14(16)12-8-9(2)10-6-4-5-7-11(10)13(12)15/h8,15H,3-7H2,1-2H3. The first-order valence-electron chi connectivity index (χ1n) is 6.16. The molecule has 1 N–H and O–H groups in total. The van der Waals surface area contributed by atoms with Crippen LogP contribution in [0.15, 0.2) is 6.07 Å². The predicted octanol–water partition coefficient (Wildman–Crippen LogP) is 2.76. The molecule has 92 valence electrons. The van der Waals surface area contributed by atoms with E-state index in [-0.39, 0.29) is 5.75 Å². The lowest BCUT2D eigenvalue weighted by Gasteiger charge is -2.21. The predicted molar refractivity (Wildman–Crippen MR) is 65.4 cm³/mol. The summed E-state index contributed by atoms with van der Waals surface area (Å²) in [6.07, 6.45) is 4.09. The van der Waals surface area contributed by atoms with Gasteiger partial charge in [0.1, 0.15) is 11.3 Å². The zero-order valence-corrected chi connectivity index (χ0v) is 10.4. The normalized spacial score (nSPS) is 14.2. The van der Waals surface area contributed by atoms with Crippen molar-refractivity contribution >= 4 is 5.97 Å². The first-order valence-corrected chi connectivity index (χ1v) is 6.16. The molecule has 0 saturated heterocycles. The van der Waals surface area contributed by atoms with Crippen LogP contribution < -0.4 is 0 Å². The minimum Gasteiger partial charge on any atom is -0.507 e. The molecule has 0 heterocycles. The van der Waals surface area contributed by atoms with Crippen LogP contribution in [0.5, 0.6) is 5.75 Å². The molecule has 1 aliphatic carbocycles. The van der Waals surface area contributed by atoms with Gasteiger partial charge in [-0.05, 0) is 62.3 Å². The number of fused-ring (bicyclic) bond motifs is 1. The molecule has 0 bridgehead atoms. The number of phenolic OH excluding ortho intramolecular Hbond substituents is 1. The summed E-state index contributed by atoms with van der Waals surface area (Å²) >= 11 is 0. The minimum absolute atomic E-state index is 0.128. The SMILES string of the molecule is CCOC(=O)c1cc(C)c2c(c1O)CCCC2. The van der Waals surface area contributed by atoms with Crippen molar-refractivity contribution in [3.63, 3.8) is 0 Å². The Morgan fingerprint density at radius 2 is 2.00 bits per heavy atom. The summed E-state index contributed by atoms with van der Waals surface area (Å²) in [5.41, 5.74) is 3.55. The molecule has 17 heavy (non-hydrogen) atoms. The second-order valence-corrected chi connectivity index (χ2v) is 4.47. The third-order valence-corrected chi connectivity index (χ3v) is 3.34. The van der Waals surface area contributed by atoms with E-state index < -0.39 is 5.97 Å². The fourth-order valence-electron chi connectivity index (χ4n) is 2.50. The number of aromatic hydroxyl groups is 1. The van der Waals surface area contributed by atoms with Gasteiger partial charge in [-0.15, -0.1) is 0 Å². The molecule has 0 spiro atoms. The van der Waals surface area contributed by atoms with Crippen LogP contribution in [0.25, 0.3) is 0 Å². The van der Waals surface area contributed by atoms with E-state index in [0.717, 1.165) is 36.8 Å². The monoisotopic (exact) mass is 234 g/mol. The first kappa shape index (κ1) is 12.0. The maximum atomic E-state index is 11.7. The molecule has 1 aromatic carbocycles. The van der Waals surface area contributed by atoms with E-state index in [1.54, 1.807) is 13.0 Å². The number of rotatable bonds is 2. The van der Waals surface area contributed by atoms with Gasteiger partial charge in [0, 0.05) is 0 Å². The maximum Gasteiger partial charge on any atom is 0.341 e. The molecule has 0 amide bonds. The topological polar surface area (TPSA) is 46.5 Å². The number of esters is 1. The third-order valence-electron chi connectivity index (χ3n) is 3.34. The fraction of sp³-hybridized carbons (Fsp3) is 0.500. The molecule has 3 nitrogen and oxygen atoms in total. The van der Waals surface area contributed by atoms with Gasteiger partial charge in [0.05, 0.1) is 6.61 Å². The van der Waals surface area contributed by atoms with Gasteiger partial charge in [-0.3, -0.25) is 0 Å². The van der Waals surface area contributed by atoms with Gasteiger partial charge in [0.25, 0.3) is 0 Å². The summed E-state index contributed by atoms with van der Waals surface area (Å²) < 4.78 is 4.96. The molecule has 1 aromatic rings. The van der Waals surface area contributed by atoms with E-state index in [1.165, 1.54) is 5.56 Å². The Morgan fingerprint density at radius 1 is 1.35 bits per heavy atom. The van der Waals surface area contributed by atoms with Crippen LogP contribution in [-0.4, -0.2) is 17.7 Å². The van der Waals surface area contributed by atoms with Crippen molar-refractivity contribution in [2.45, 2.75) is 39.5 Å². The largest absolute Gasteiger partial charge is 0.507 e. The van der Waals surface area contributed by atoms with Crippen molar-refractivity contribution in [3.05, 3.63) is 28.3 Å². The number of aryl methyl sites for hydroxylation is 1. The molecule has 0 saturated carbocycles. The molecular weight excluding hydrogens is 216 g/mol. The second-order valence-electron chi connectivity index (χ2n) is 4.47. The van der Waals surface area contributed by atoms with Crippen molar-refractivity contribution in [1.82, 2.24) is 0 Å². The molecule has 0 aliphatic heterocycles. The summed E-state index contributed by atoms with van der Waals surface area (Å²) in [4.78, 5) is 11.7. The molecule has 3 heteroatoms. The van der Waals surface area contributed by atoms with Gasteiger partial charge < -0.3 is 9.84 Å². The summed E-state index contributed by atoms with van der Waals surface area (Å²) in [6.45, 7) is 4.08. The molecule has 0 unspecified atom stereocenters. The van der Waals surface area contributed by atoms with Crippen molar-refractivity contribution in [2.75, 3.05) is 6.61 Å². The summed E-state index contributed by atoms with van der Waals surface area (Å²) in [7, 11) is 0. The number of hydrogen-bond donors (Lipinski definition) is 1. The molecular formula is C14H18O3. The molecule has 0 radical (unpaired) electrons. The summed E-state index contributed by atoms with van der Waals surface area (Å²) in [5.74, 6) is -0.301. The van der Waals surface area contributed by atoms with Crippen molar-refractivity contribution < 1.29 is 14.6 Å². The molecule has 0 fully saturated rings. The highest BCUT2D eigenvalue weighted by molar-refractivity contribution is 5.93. The molecule has 1 aliphatic rings. The number of carbonyl (C=O) groups is 1. The molecule has 2 rings (SSSR count). The van der Waals surface area contributed by atoms with Gasteiger partial charge in [-0.25, -0.2) is 4.79 Å². The zero-order valence-electron chi connectivity index (χ0n) is 10.4. The Bertz CT molecular complexity index is 449. The maximum absolute atomic E-state index is 11.7. The Labute approximate surface area is 101 Å². The third kappa shape index (κ3) is 2.14. The van der Waals surface area contributed by atoms with Crippen molar-refractivity contribution in [2.24, 2.45) is 0 Å². The first-order chi connectivity index (χ1) is 8.15. The Kier molecular flexibility index (Phi) is 3.36. The highest BCUT2D eigenvalue weighted by Crippen LogP contribution is 2.34.